The molecule has 1 fully saturated rings. The normalized spacial score (nSPS) is 20.8. The molecule has 1 aromatic carbocycles. The summed E-state index contributed by atoms with van der Waals surface area (Å²) in [6.45, 7) is 0. The topological polar surface area (TPSA) is 65.0 Å². The third kappa shape index (κ3) is 4.05. The minimum atomic E-state index is -0.765. The maximum absolute atomic E-state index is 10.9. The lowest BCUT2D eigenvalue weighted by Gasteiger charge is -2.32. The molecule has 1 saturated carbocycles. The molecule has 1 N–H and O–H groups in total. The summed E-state index contributed by atoms with van der Waals surface area (Å²) < 4.78 is 16.4. The van der Waals surface area contributed by atoms with E-state index < -0.39 is 5.97 Å². The average Bonchev–Trinajstić information content (AvgIpc) is 2.58. The average molecular weight is 340 g/mol. The van der Waals surface area contributed by atoms with Gasteiger partial charge in [-0.2, -0.15) is 0 Å². The SMILES string of the molecule is COc1ccc([C@@H]2CCCC[C@@H]2SCC(=O)O)c(OC)c1OC. The van der Waals surface area contributed by atoms with Crippen molar-refractivity contribution in [2.24, 2.45) is 0 Å². The van der Waals surface area contributed by atoms with Gasteiger partial charge in [0.1, 0.15) is 0 Å². The van der Waals surface area contributed by atoms with Crippen molar-refractivity contribution in [3.63, 3.8) is 0 Å². The molecule has 6 heteroatoms. The lowest BCUT2D eigenvalue weighted by molar-refractivity contribution is -0.133. The molecule has 23 heavy (non-hydrogen) atoms. The summed E-state index contributed by atoms with van der Waals surface area (Å²) in [5.41, 5.74) is 1.08. The van der Waals surface area contributed by atoms with E-state index in [0.717, 1.165) is 31.2 Å². The summed E-state index contributed by atoms with van der Waals surface area (Å²) in [5.74, 6) is 1.57. The van der Waals surface area contributed by atoms with Gasteiger partial charge in [0.15, 0.2) is 11.5 Å². The van der Waals surface area contributed by atoms with Crippen molar-refractivity contribution in [3.05, 3.63) is 17.7 Å². The minimum Gasteiger partial charge on any atom is -0.493 e. The van der Waals surface area contributed by atoms with Crippen LogP contribution in [0.25, 0.3) is 0 Å². The molecule has 0 aromatic heterocycles. The van der Waals surface area contributed by atoms with Gasteiger partial charge in [-0.1, -0.05) is 18.9 Å². The van der Waals surface area contributed by atoms with E-state index >= 15 is 0 Å². The van der Waals surface area contributed by atoms with Crippen LogP contribution in [0.3, 0.4) is 0 Å². The molecular formula is C17H24O5S. The summed E-state index contributed by atoms with van der Waals surface area (Å²) in [6, 6.07) is 3.91. The number of benzene rings is 1. The Balaban J connectivity index is 2.35. The fourth-order valence-electron chi connectivity index (χ4n) is 3.25. The number of carboxylic acid groups (broad SMARTS) is 1. The standard InChI is InChI=1S/C17H24O5S/c1-20-13-9-8-12(16(21-2)17(13)22-3)11-6-4-5-7-14(11)23-10-15(18)19/h8-9,11,14H,4-7,10H2,1-3H3,(H,18,19)/t11-,14-/m0/s1. The minimum absolute atomic E-state index is 0.136. The first-order chi connectivity index (χ1) is 11.1. The van der Waals surface area contributed by atoms with Crippen molar-refractivity contribution in [2.45, 2.75) is 36.9 Å². The first kappa shape index (κ1) is 17.8. The smallest absolute Gasteiger partial charge is 0.313 e. The molecule has 0 heterocycles. The van der Waals surface area contributed by atoms with Crippen LogP contribution < -0.4 is 14.2 Å². The molecule has 1 aliphatic rings. The number of carboxylic acids is 1. The van der Waals surface area contributed by atoms with Gasteiger partial charge in [-0.15, -0.1) is 11.8 Å². The third-order valence-corrected chi connectivity index (χ3v) is 5.66. The molecule has 2 atom stereocenters. The molecule has 5 nitrogen and oxygen atoms in total. The number of carbonyl (C=O) groups is 1. The van der Waals surface area contributed by atoms with Gasteiger partial charge in [0, 0.05) is 10.8 Å². The molecule has 0 saturated heterocycles. The van der Waals surface area contributed by atoms with Crippen LogP contribution in [-0.4, -0.2) is 43.4 Å². The molecule has 0 amide bonds. The quantitative estimate of drug-likeness (QED) is 0.819. The summed E-state index contributed by atoms with van der Waals surface area (Å²) in [4.78, 5) is 10.9. The van der Waals surface area contributed by atoms with E-state index in [1.54, 1.807) is 21.3 Å². The molecule has 0 bridgehead atoms. The molecule has 0 aliphatic heterocycles. The van der Waals surface area contributed by atoms with Gasteiger partial charge < -0.3 is 19.3 Å². The molecule has 0 unspecified atom stereocenters. The Labute approximate surface area is 141 Å². The highest BCUT2D eigenvalue weighted by Gasteiger charge is 2.31. The molecule has 1 aromatic rings. The molecule has 128 valence electrons. The predicted molar refractivity (Wildman–Crippen MR) is 91.2 cm³/mol. The van der Waals surface area contributed by atoms with Crippen LogP contribution in [0, 0.1) is 0 Å². The number of ether oxygens (including phenoxy) is 3. The van der Waals surface area contributed by atoms with Crippen molar-refractivity contribution in [2.75, 3.05) is 27.1 Å². The predicted octanol–water partition coefficient (Wildman–Crippen LogP) is 3.56. The number of aliphatic carboxylic acids is 1. The van der Waals surface area contributed by atoms with Crippen LogP contribution in [0.5, 0.6) is 17.2 Å². The number of hydrogen-bond donors (Lipinski definition) is 1. The zero-order chi connectivity index (χ0) is 16.8. The van der Waals surface area contributed by atoms with Crippen molar-refractivity contribution in [3.8, 4) is 17.2 Å². The van der Waals surface area contributed by atoms with E-state index in [2.05, 4.69) is 0 Å². The Morgan fingerprint density at radius 1 is 1.13 bits per heavy atom. The van der Waals surface area contributed by atoms with Gasteiger partial charge in [-0.05, 0) is 24.8 Å². The van der Waals surface area contributed by atoms with Crippen molar-refractivity contribution in [1.82, 2.24) is 0 Å². The van der Waals surface area contributed by atoms with Gasteiger partial charge in [0.2, 0.25) is 5.75 Å². The van der Waals surface area contributed by atoms with Gasteiger partial charge in [0.25, 0.3) is 0 Å². The summed E-state index contributed by atoms with van der Waals surface area (Å²) in [7, 11) is 4.83. The Morgan fingerprint density at radius 3 is 2.43 bits per heavy atom. The third-order valence-electron chi connectivity index (χ3n) is 4.26. The van der Waals surface area contributed by atoms with Gasteiger partial charge in [-0.25, -0.2) is 0 Å². The van der Waals surface area contributed by atoms with Crippen molar-refractivity contribution >= 4 is 17.7 Å². The van der Waals surface area contributed by atoms with Gasteiger partial charge >= 0.3 is 5.97 Å². The van der Waals surface area contributed by atoms with Crippen LogP contribution in [0.4, 0.5) is 0 Å². The van der Waals surface area contributed by atoms with E-state index in [9.17, 15) is 4.79 Å². The van der Waals surface area contributed by atoms with Crippen LogP contribution in [0.1, 0.15) is 37.2 Å². The molecule has 1 aliphatic carbocycles. The second-order valence-corrected chi connectivity index (χ2v) is 6.79. The second-order valence-electron chi connectivity index (χ2n) is 5.56. The lowest BCUT2D eigenvalue weighted by atomic mass is 9.83. The fraction of sp³-hybridized carbons (Fsp3) is 0.588. The number of methoxy groups -OCH3 is 3. The van der Waals surface area contributed by atoms with Gasteiger partial charge in [0.05, 0.1) is 27.1 Å². The Morgan fingerprint density at radius 2 is 1.83 bits per heavy atom. The monoisotopic (exact) mass is 340 g/mol. The first-order valence-electron chi connectivity index (χ1n) is 7.74. The molecular weight excluding hydrogens is 316 g/mol. The summed E-state index contributed by atoms with van der Waals surface area (Å²) >= 11 is 1.52. The van der Waals surface area contributed by atoms with E-state index in [-0.39, 0.29) is 16.9 Å². The Hall–Kier alpha value is -1.56. The zero-order valence-electron chi connectivity index (χ0n) is 13.8. The number of rotatable bonds is 7. The first-order valence-corrected chi connectivity index (χ1v) is 8.79. The zero-order valence-corrected chi connectivity index (χ0v) is 14.6. The van der Waals surface area contributed by atoms with E-state index in [0.29, 0.717) is 17.2 Å². The number of hydrogen-bond acceptors (Lipinski definition) is 5. The van der Waals surface area contributed by atoms with Crippen LogP contribution >= 0.6 is 11.8 Å². The van der Waals surface area contributed by atoms with Crippen LogP contribution in [0.2, 0.25) is 0 Å². The Kier molecular flexibility index (Phi) is 6.45. The molecule has 2 rings (SSSR count). The van der Waals surface area contributed by atoms with Crippen molar-refractivity contribution in [1.29, 1.82) is 0 Å². The lowest BCUT2D eigenvalue weighted by Crippen LogP contribution is -2.22. The van der Waals surface area contributed by atoms with E-state index in [4.69, 9.17) is 19.3 Å². The van der Waals surface area contributed by atoms with E-state index in [1.165, 1.54) is 11.8 Å². The largest absolute Gasteiger partial charge is 0.493 e. The highest BCUT2D eigenvalue weighted by atomic mass is 32.2. The van der Waals surface area contributed by atoms with Crippen LogP contribution in [0.15, 0.2) is 12.1 Å². The van der Waals surface area contributed by atoms with Crippen molar-refractivity contribution < 1.29 is 24.1 Å². The highest BCUT2D eigenvalue weighted by molar-refractivity contribution is 8.00. The number of thioether (sulfide) groups is 1. The molecule has 0 spiro atoms. The van der Waals surface area contributed by atoms with E-state index in [1.807, 2.05) is 12.1 Å². The molecule has 0 radical (unpaired) electrons. The summed E-state index contributed by atoms with van der Waals surface area (Å²) in [6.07, 6.45) is 4.35. The maximum Gasteiger partial charge on any atom is 0.313 e. The second kappa shape index (κ2) is 8.34. The van der Waals surface area contributed by atoms with Gasteiger partial charge in [-0.3, -0.25) is 4.79 Å². The summed E-state index contributed by atoms with van der Waals surface area (Å²) in [5, 5.41) is 9.25. The Bertz CT molecular complexity index is 546. The maximum atomic E-state index is 10.9. The fourth-order valence-corrected chi connectivity index (χ4v) is 4.45. The highest BCUT2D eigenvalue weighted by Crippen LogP contribution is 2.48. The van der Waals surface area contributed by atoms with Crippen LogP contribution in [-0.2, 0) is 4.79 Å².